The van der Waals surface area contributed by atoms with Crippen molar-refractivity contribution in [2.45, 2.75) is 0 Å². The van der Waals surface area contributed by atoms with Gasteiger partial charge in [0.25, 0.3) is 0 Å². The van der Waals surface area contributed by atoms with Crippen LogP contribution in [0.2, 0.25) is 0 Å². The summed E-state index contributed by atoms with van der Waals surface area (Å²) < 4.78 is 0. The van der Waals surface area contributed by atoms with Gasteiger partial charge in [-0.2, -0.15) is 0 Å². The summed E-state index contributed by atoms with van der Waals surface area (Å²) >= 11 is 0. The van der Waals surface area contributed by atoms with E-state index in [2.05, 4.69) is 0 Å². The van der Waals surface area contributed by atoms with Gasteiger partial charge < -0.3 is 0 Å². The van der Waals surface area contributed by atoms with Gasteiger partial charge in [0.1, 0.15) is 0 Å². The summed E-state index contributed by atoms with van der Waals surface area (Å²) in [6.45, 7) is 0. The molecule has 12 heteroatoms. The van der Waals surface area contributed by atoms with E-state index in [1.54, 1.807) is 0 Å². The average molecular weight is 393 g/mol. The Morgan fingerprint density at radius 2 is 0.611 bits per heavy atom. The number of hydrogen-bond donors (Lipinski definition) is 0. The molecule has 0 spiro atoms. The van der Waals surface area contributed by atoms with Crippen LogP contribution in [-0.2, 0) is 10.7 Å². The van der Waals surface area contributed by atoms with Crippen LogP contribution in [0.25, 0.3) is 0 Å². The van der Waals surface area contributed by atoms with Crippen molar-refractivity contribution in [2.24, 2.45) is 0 Å². The van der Waals surface area contributed by atoms with Crippen molar-refractivity contribution in [2.75, 3.05) is 0 Å². The monoisotopic (exact) mass is 392 g/mol. The Morgan fingerprint density at radius 1 is 0.500 bits per heavy atom. The maximum atomic E-state index is 8.58. The zero-order chi connectivity index (χ0) is 10.7. The molecule has 0 aliphatic heterocycles. The van der Waals surface area contributed by atoms with Gasteiger partial charge in [0.2, 0.25) is 0 Å². The molecule has 0 rings (SSSR count). The Labute approximate surface area is 260 Å². The van der Waals surface area contributed by atoms with E-state index in [4.69, 9.17) is 31.6 Å². The molecule has 0 fully saturated rings. The van der Waals surface area contributed by atoms with Crippen molar-refractivity contribution >= 4 is 196 Å². The van der Waals surface area contributed by atoms with Crippen molar-refractivity contribution < 1.29 is 10.7 Å². The number of nitrogens with zero attached hydrogens (tertiary/aromatic N) is 6. The maximum absolute atomic E-state index is 8.58. The van der Waals surface area contributed by atoms with Gasteiger partial charge in [0, 0.05) is 0 Å². The molecule has 0 atom stereocenters. The van der Waals surface area contributed by atoms with Crippen LogP contribution < -0.4 is 0 Å². The van der Waals surface area contributed by atoms with Gasteiger partial charge in [-0.05, 0) is 0 Å². The molecule has 0 heterocycles. The normalized spacial score (nSPS) is 9.67. The Bertz CT molecular complexity index is 409. The first-order valence-corrected chi connectivity index (χ1v) is 5.71. The van der Waals surface area contributed by atoms with Crippen LogP contribution in [0.1, 0.15) is 0 Å². The van der Waals surface area contributed by atoms with Crippen molar-refractivity contribution in [3.63, 3.8) is 0 Å². The predicted molar refractivity (Wildman–Crippen MR) is 69.5 cm³/mol. The van der Waals surface area contributed by atoms with E-state index in [1.807, 2.05) is 0 Å². The van der Waals surface area contributed by atoms with Crippen molar-refractivity contribution in [3.8, 4) is 29.8 Å². The van der Waals surface area contributed by atoms with Gasteiger partial charge in [0.15, 0.2) is 0 Å². The van der Waals surface area contributed by atoms with Crippen LogP contribution in [0.15, 0.2) is 0 Å². The Balaban J connectivity index is -0.0000000720. The fourth-order valence-corrected chi connectivity index (χ4v) is 1.09. The zero-order valence-electron chi connectivity index (χ0n) is 6.45. The van der Waals surface area contributed by atoms with Crippen molar-refractivity contribution in [3.05, 3.63) is 0 Å². The Morgan fingerprint density at radius 3 is 0.611 bits per heavy atom. The minimum atomic E-state index is -6.17. The summed E-state index contributed by atoms with van der Waals surface area (Å²) in [4.78, 5) is 6.19. The van der Waals surface area contributed by atoms with E-state index in [1.165, 1.54) is 0 Å². The van der Waals surface area contributed by atoms with Crippen molar-refractivity contribution in [1.29, 1.82) is 31.6 Å². The molecular formula is C6H5ClFeK3N6Na. The van der Waals surface area contributed by atoms with E-state index < -0.39 is 10.7 Å². The van der Waals surface area contributed by atoms with E-state index in [0.29, 0.717) is 0 Å². The topological polar surface area (TPSA) is 143 Å². The summed E-state index contributed by atoms with van der Waals surface area (Å²) in [5.74, 6) is 0. The van der Waals surface area contributed by atoms with Crippen LogP contribution in [0.4, 0.5) is 0 Å². The molecule has 0 amide bonds. The molecule has 0 aromatic carbocycles. The standard InChI is InChI=1S/6CN.ClH.Fe.3K.Na.4H/c6*1-2;;;;;;;;;;/h;;;;;;1H;;;;;;;;;. The molecule has 0 radical (unpaired) electrons. The summed E-state index contributed by atoms with van der Waals surface area (Å²) in [6, 6.07) is 0. The van der Waals surface area contributed by atoms with Gasteiger partial charge >= 0.3 is 256 Å². The molecule has 78 valence electrons. The second-order valence-electron chi connectivity index (χ2n) is 1.80. The fraction of sp³-hybridized carbons (Fsp3) is 0. The first kappa shape index (κ1) is 37.7. The first-order chi connectivity index (χ1) is 5.97. The summed E-state index contributed by atoms with van der Waals surface area (Å²) in [7, 11) is -6.17. The van der Waals surface area contributed by atoms with Gasteiger partial charge in [-0.3, -0.25) is 0 Å². The third kappa shape index (κ3) is 6.04. The quantitative estimate of drug-likeness (QED) is 0.433. The molecular weight excluding hydrogens is 388 g/mol. The van der Waals surface area contributed by atoms with Crippen LogP contribution in [-0.4, -0.2) is 184 Å². The van der Waals surface area contributed by atoms with E-state index in [0.717, 1.165) is 29.8 Å². The minimum absolute atomic E-state index is 0. The van der Waals surface area contributed by atoms with Gasteiger partial charge in [0.05, 0.1) is 0 Å². The van der Waals surface area contributed by atoms with Crippen molar-refractivity contribution in [1.82, 2.24) is 0 Å². The SMILES string of the molecule is Cl.N#[C][Fe]([C]#N)([C]#N)([C]#N)([C]#N)[C]#N.[KH].[KH].[KH].[NaH]. The summed E-state index contributed by atoms with van der Waals surface area (Å²) in [5, 5.41) is 51.5. The second kappa shape index (κ2) is 13.1. The van der Waals surface area contributed by atoms with Gasteiger partial charge in [-0.25, -0.2) is 0 Å². The van der Waals surface area contributed by atoms with Crippen LogP contribution in [0.5, 0.6) is 0 Å². The molecule has 0 bridgehead atoms. The van der Waals surface area contributed by atoms with Crippen LogP contribution in [0.3, 0.4) is 0 Å². The molecule has 0 aromatic heterocycles. The number of nitriles is 6. The van der Waals surface area contributed by atoms with E-state index in [9.17, 15) is 0 Å². The number of hydrogen-bond acceptors (Lipinski definition) is 6. The van der Waals surface area contributed by atoms with Crippen LogP contribution in [0, 0.1) is 61.4 Å². The molecule has 0 unspecified atom stereocenters. The third-order valence-electron chi connectivity index (χ3n) is 1.19. The molecule has 0 saturated heterocycles. The Hall–Kier alpha value is 3.66. The predicted octanol–water partition coefficient (Wildman–Crippen LogP) is -2.07. The van der Waals surface area contributed by atoms with E-state index >= 15 is 0 Å². The summed E-state index contributed by atoms with van der Waals surface area (Å²) in [5.41, 5.74) is 0. The average Bonchev–Trinajstić information content (AvgIpc) is 2.26. The van der Waals surface area contributed by atoms with E-state index in [-0.39, 0.29) is 196 Å². The van der Waals surface area contributed by atoms with Gasteiger partial charge in [-0.15, -0.1) is 12.4 Å². The third-order valence-corrected chi connectivity index (χ3v) is 4.89. The first-order valence-electron chi connectivity index (χ1n) is 2.40. The molecule has 6 nitrogen and oxygen atoms in total. The number of halogens is 1. The Kier molecular flexibility index (Phi) is 27.5. The fourth-order valence-electron chi connectivity index (χ4n) is 0.265. The van der Waals surface area contributed by atoms with Crippen LogP contribution >= 0.6 is 12.4 Å². The molecule has 0 aliphatic carbocycles. The molecule has 18 heavy (non-hydrogen) atoms. The molecule has 0 aliphatic rings. The molecule has 0 saturated carbocycles. The molecule has 0 N–H and O–H groups in total. The number of rotatable bonds is 0. The summed E-state index contributed by atoms with van der Waals surface area (Å²) in [6.07, 6.45) is 0. The second-order valence-corrected chi connectivity index (χ2v) is 7.42. The van der Waals surface area contributed by atoms with Gasteiger partial charge in [-0.1, -0.05) is 0 Å². The zero-order valence-corrected chi connectivity index (χ0v) is 8.37. The molecule has 0 aromatic rings.